The van der Waals surface area contributed by atoms with Crippen LogP contribution in [0.3, 0.4) is 0 Å². The lowest BCUT2D eigenvalue weighted by Crippen LogP contribution is -2.40. The maximum atomic E-state index is 12.1. The molecule has 28 heavy (non-hydrogen) atoms. The van der Waals surface area contributed by atoms with Crippen molar-refractivity contribution >= 4 is 34.5 Å². The molecule has 1 N–H and O–H groups in total. The van der Waals surface area contributed by atoms with E-state index < -0.39 is 12.4 Å². The molecule has 0 saturated carbocycles. The van der Waals surface area contributed by atoms with Gasteiger partial charge in [0, 0.05) is 22.6 Å². The third-order valence-corrected chi connectivity index (χ3v) is 6.83. The van der Waals surface area contributed by atoms with Crippen LogP contribution in [0.2, 0.25) is 0 Å². The van der Waals surface area contributed by atoms with E-state index in [2.05, 4.69) is 65.1 Å². The molecule has 1 aliphatic heterocycles. The Hall–Kier alpha value is -1.89. The number of hydrogen-bond acceptors (Lipinski definition) is 2. The lowest BCUT2D eigenvalue weighted by Gasteiger charge is -2.37. The second kappa shape index (κ2) is 8.23. The standard InChI is InChI=1S/C23H24INO3/c24-18-8-7-16-6-5-15-3-1-2-4-19(15)23(20(16)13-18)17-9-11-25(12-10-17)21(26)14-22(27)28/h1-4,7-8,13,17,23H,5-6,9-12,14H2,(H,27,28). The van der Waals surface area contributed by atoms with E-state index in [9.17, 15) is 9.59 Å². The van der Waals surface area contributed by atoms with Crippen LogP contribution < -0.4 is 0 Å². The Balaban J connectivity index is 1.63. The molecular formula is C23H24INO3. The number of carboxylic acids is 1. The van der Waals surface area contributed by atoms with E-state index in [4.69, 9.17) is 5.11 Å². The minimum Gasteiger partial charge on any atom is -0.481 e. The number of aryl methyl sites for hydroxylation is 2. The van der Waals surface area contributed by atoms with Crippen LogP contribution in [0.4, 0.5) is 0 Å². The average molecular weight is 489 g/mol. The SMILES string of the molecule is O=C(O)CC(=O)N1CCC(C2c3ccccc3CCc3ccc(I)cc32)CC1. The predicted octanol–water partition coefficient (Wildman–Crippen LogP) is 4.24. The van der Waals surface area contributed by atoms with Gasteiger partial charge in [0.2, 0.25) is 5.91 Å². The number of aliphatic carboxylic acids is 1. The number of benzene rings is 2. The Morgan fingerprint density at radius 1 is 1.00 bits per heavy atom. The number of fused-ring (bicyclic) bond motifs is 2. The topological polar surface area (TPSA) is 57.6 Å². The quantitative estimate of drug-likeness (QED) is 0.519. The molecule has 0 radical (unpaired) electrons. The second-order valence-corrected chi connectivity index (χ2v) is 9.05. The summed E-state index contributed by atoms with van der Waals surface area (Å²) in [7, 11) is 0. The molecule has 1 unspecified atom stereocenters. The number of likely N-dealkylation sites (tertiary alicyclic amines) is 1. The van der Waals surface area contributed by atoms with Crippen molar-refractivity contribution in [3.63, 3.8) is 0 Å². The summed E-state index contributed by atoms with van der Waals surface area (Å²) >= 11 is 2.39. The number of hydrogen-bond donors (Lipinski definition) is 1. The molecule has 1 fully saturated rings. The Bertz CT molecular complexity index is 902. The maximum absolute atomic E-state index is 12.1. The van der Waals surface area contributed by atoms with Gasteiger partial charge in [0.25, 0.3) is 0 Å². The summed E-state index contributed by atoms with van der Waals surface area (Å²) in [5.74, 6) is -0.499. The summed E-state index contributed by atoms with van der Waals surface area (Å²) in [5, 5.41) is 8.90. The van der Waals surface area contributed by atoms with Gasteiger partial charge in [0.1, 0.15) is 6.42 Å². The molecule has 1 amide bonds. The number of halogens is 1. The summed E-state index contributed by atoms with van der Waals surface area (Å²) in [6, 6.07) is 15.6. The second-order valence-electron chi connectivity index (χ2n) is 7.81. The number of carboxylic acid groups (broad SMARTS) is 1. The van der Waals surface area contributed by atoms with Gasteiger partial charge in [0.15, 0.2) is 0 Å². The minimum atomic E-state index is -1.05. The van der Waals surface area contributed by atoms with Crippen LogP contribution in [0.5, 0.6) is 0 Å². The van der Waals surface area contributed by atoms with Crippen molar-refractivity contribution in [2.24, 2.45) is 5.92 Å². The fourth-order valence-corrected chi connectivity index (χ4v) is 5.33. The summed E-state index contributed by atoms with van der Waals surface area (Å²) in [4.78, 5) is 24.7. The largest absolute Gasteiger partial charge is 0.481 e. The number of amides is 1. The van der Waals surface area contributed by atoms with Crippen molar-refractivity contribution in [1.82, 2.24) is 4.90 Å². The molecule has 2 aromatic carbocycles. The van der Waals surface area contributed by atoms with Gasteiger partial charge in [-0.15, -0.1) is 0 Å². The molecule has 1 saturated heterocycles. The Morgan fingerprint density at radius 3 is 2.39 bits per heavy atom. The first-order chi connectivity index (χ1) is 13.5. The number of piperidine rings is 1. The van der Waals surface area contributed by atoms with Crippen LogP contribution in [-0.2, 0) is 22.4 Å². The highest BCUT2D eigenvalue weighted by atomic mass is 127. The number of rotatable bonds is 3. The Kier molecular flexibility index (Phi) is 5.71. The highest BCUT2D eigenvalue weighted by Crippen LogP contribution is 2.43. The first kappa shape index (κ1) is 19.4. The zero-order valence-corrected chi connectivity index (χ0v) is 17.9. The molecule has 0 aromatic heterocycles. The van der Waals surface area contributed by atoms with E-state index >= 15 is 0 Å². The normalized spacial score (nSPS) is 19.5. The predicted molar refractivity (Wildman–Crippen MR) is 116 cm³/mol. The Labute approximate surface area is 179 Å². The van der Waals surface area contributed by atoms with Crippen molar-refractivity contribution in [2.45, 2.75) is 38.0 Å². The van der Waals surface area contributed by atoms with Crippen molar-refractivity contribution in [3.05, 3.63) is 68.3 Å². The lowest BCUT2D eigenvalue weighted by molar-refractivity contribution is -0.144. The molecule has 0 bridgehead atoms. The first-order valence-electron chi connectivity index (χ1n) is 9.88. The highest BCUT2D eigenvalue weighted by Gasteiger charge is 2.34. The monoisotopic (exact) mass is 489 g/mol. The van der Waals surface area contributed by atoms with E-state index in [0.29, 0.717) is 24.9 Å². The van der Waals surface area contributed by atoms with Crippen LogP contribution in [-0.4, -0.2) is 35.0 Å². The van der Waals surface area contributed by atoms with E-state index in [1.807, 2.05) is 0 Å². The fraction of sp³-hybridized carbons (Fsp3) is 0.391. The van der Waals surface area contributed by atoms with Crippen LogP contribution in [0.15, 0.2) is 42.5 Å². The molecule has 5 heteroatoms. The molecule has 0 spiro atoms. The third kappa shape index (κ3) is 3.95. The van der Waals surface area contributed by atoms with E-state index in [-0.39, 0.29) is 5.91 Å². The first-order valence-corrected chi connectivity index (χ1v) is 11.0. The Morgan fingerprint density at radius 2 is 1.68 bits per heavy atom. The van der Waals surface area contributed by atoms with Gasteiger partial charge in [-0.25, -0.2) is 0 Å². The van der Waals surface area contributed by atoms with E-state index in [1.54, 1.807) is 4.90 Å². The van der Waals surface area contributed by atoms with Crippen LogP contribution in [0, 0.1) is 9.49 Å². The van der Waals surface area contributed by atoms with Crippen molar-refractivity contribution in [2.75, 3.05) is 13.1 Å². The molecule has 4 nitrogen and oxygen atoms in total. The number of carbonyl (C=O) groups is 2. The highest BCUT2D eigenvalue weighted by molar-refractivity contribution is 14.1. The fourth-order valence-electron chi connectivity index (χ4n) is 4.82. The molecule has 1 aliphatic carbocycles. The average Bonchev–Trinajstić information content (AvgIpc) is 2.84. The lowest BCUT2D eigenvalue weighted by atomic mass is 9.74. The van der Waals surface area contributed by atoms with Gasteiger partial charge in [-0.2, -0.15) is 0 Å². The van der Waals surface area contributed by atoms with Gasteiger partial charge in [-0.05, 0) is 88.6 Å². The molecule has 2 aromatic rings. The van der Waals surface area contributed by atoms with Crippen molar-refractivity contribution < 1.29 is 14.7 Å². The van der Waals surface area contributed by atoms with Crippen LogP contribution in [0.1, 0.15) is 47.4 Å². The van der Waals surface area contributed by atoms with Gasteiger partial charge in [-0.1, -0.05) is 30.3 Å². The minimum absolute atomic E-state index is 0.262. The third-order valence-electron chi connectivity index (χ3n) is 6.16. The number of nitrogens with zero attached hydrogens (tertiary/aromatic N) is 1. The molecule has 4 rings (SSSR count). The molecule has 146 valence electrons. The summed E-state index contributed by atoms with van der Waals surface area (Å²) in [6.07, 6.45) is 3.55. The van der Waals surface area contributed by atoms with Crippen molar-refractivity contribution in [3.8, 4) is 0 Å². The molecular weight excluding hydrogens is 465 g/mol. The van der Waals surface area contributed by atoms with Crippen LogP contribution in [0.25, 0.3) is 0 Å². The molecule has 1 atom stereocenters. The van der Waals surface area contributed by atoms with Crippen LogP contribution >= 0.6 is 22.6 Å². The van der Waals surface area contributed by atoms with Gasteiger partial charge in [-0.3, -0.25) is 9.59 Å². The maximum Gasteiger partial charge on any atom is 0.312 e. The zero-order valence-electron chi connectivity index (χ0n) is 15.7. The molecule has 1 heterocycles. The van der Waals surface area contributed by atoms with Crippen molar-refractivity contribution in [1.29, 1.82) is 0 Å². The summed E-state index contributed by atoms with van der Waals surface area (Å²) in [5.41, 5.74) is 5.74. The summed E-state index contributed by atoms with van der Waals surface area (Å²) in [6.45, 7) is 1.30. The smallest absolute Gasteiger partial charge is 0.312 e. The van der Waals surface area contributed by atoms with E-state index in [1.165, 1.54) is 25.8 Å². The summed E-state index contributed by atoms with van der Waals surface area (Å²) < 4.78 is 1.26. The van der Waals surface area contributed by atoms with E-state index in [0.717, 1.165) is 25.7 Å². The zero-order chi connectivity index (χ0) is 19.7. The van der Waals surface area contributed by atoms with Gasteiger partial charge < -0.3 is 10.0 Å². The molecule has 2 aliphatic rings. The van der Waals surface area contributed by atoms with Gasteiger partial charge >= 0.3 is 5.97 Å². The number of carbonyl (C=O) groups excluding carboxylic acids is 1. The van der Waals surface area contributed by atoms with Gasteiger partial charge in [0.05, 0.1) is 0 Å².